The molecule has 2 aliphatic rings. The van der Waals surface area contributed by atoms with Gasteiger partial charge in [0.2, 0.25) is 0 Å². The minimum absolute atomic E-state index is 0.125. The van der Waals surface area contributed by atoms with Crippen molar-refractivity contribution in [3.63, 3.8) is 0 Å². The molecule has 3 aromatic carbocycles. The van der Waals surface area contributed by atoms with Crippen LogP contribution in [-0.2, 0) is 0 Å². The molecule has 0 aliphatic carbocycles. The third-order valence-electron chi connectivity index (χ3n) is 7.17. The molecule has 1 aromatic heterocycles. The van der Waals surface area contributed by atoms with Crippen LogP contribution < -0.4 is 9.80 Å². The Morgan fingerprint density at radius 1 is 0.788 bits per heavy atom. The summed E-state index contributed by atoms with van der Waals surface area (Å²) in [6.45, 7) is 8.69. The third-order valence-corrected chi connectivity index (χ3v) is 7.17. The van der Waals surface area contributed by atoms with Crippen LogP contribution in [0.5, 0.6) is 0 Å². The second-order valence-electron chi connectivity index (χ2n) is 9.02. The molecule has 6 rings (SSSR count). The summed E-state index contributed by atoms with van der Waals surface area (Å²) < 4.78 is 0. The van der Waals surface area contributed by atoms with Crippen LogP contribution in [0.3, 0.4) is 0 Å². The van der Waals surface area contributed by atoms with Gasteiger partial charge in [-0.1, -0.05) is 73.7 Å². The lowest BCUT2D eigenvalue weighted by molar-refractivity contribution is 0.409. The van der Waals surface area contributed by atoms with Gasteiger partial charge in [-0.2, -0.15) is 0 Å². The molecular formula is C30H27N3. The first-order valence-corrected chi connectivity index (χ1v) is 11.6. The van der Waals surface area contributed by atoms with Crippen LogP contribution in [0.25, 0.3) is 11.3 Å². The average molecular weight is 430 g/mol. The molecule has 4 aromatic rings. The summed E-state index contributed by atoms with van der Waals surface area (Å²) in [6, 6.07) is 32.3. The second kappa shape index (κ2) is 7.63. The van der Waals surface area contributed by atoms with Gasteiger partial charge in [-0.15, -0.1) is 6.58 Å². The number of pyridine rings is 1. The van der Waals surface area contributed by atoms with Gasteiger partial charge >= 0.3 is 0 Å². The number of para-hydroxylation sites is 2. The van der Waals surface area contributed by atoms with Gasteiger partial charge in [-0.25, -0.2) is 4.98 Å². The molecule has 3 atom stereocenters. The molecule has 0 saturated heterocycles. The summed E-state index contributed by atoms with van der Waals surface area (Å²) >= 11 is 0. The molecule has 3 heteroatoms. The number of rotatable bonds is 3. The first-order chi connectivity index (χ1) is 16.2. The van der Waals surface area contributed by atoms with Crippen molar-refractivity contribution in [3.8, 4) is 11.3 Å². The summed E-state index contributed by atoms with van der Waals surface area (Å²) in [5.74, 6) is 1.62. The van der Waals surface area contributed by atoms with E-state index in [9.17, 15) is 0 Å². The summed E-state index contributed by atoms with van der Waals surface area (Å²) in [6.07, 6.45) is 2.24. The lowest BCUT2D eigenvalue weighted by Crippen LogP contribution is -2.48. The average Bonchev–Trinajstić information content (AvgIpc) is 3.20. The molecular weight excluding hydrogens is 402 g/mol. The van der Waals surface area contributed by atoms with E-state index in [1.165, 1.54) is 28.1 Å². The molecule has 3 unspecified atom stereocenters. The van der Waals surface area contributed by atoms with Crippen molar-refractivity contribution in [3.05, 3.63) is 115 Å². The third kappa shape index (κ3) is 2.92. The van der Waals surface area contributed by atoms with Crippen LogP contribution in [0.4, 0.5) is 22.9 Å². The molecule has 0 saturated carbocycles. The topological polar surface area (TPSA) is 19.4 Å². The maximum absolute atomic E-state index is 5.29. The predicted molar refractivity (Wildman–Crippen MR) is 137 cm³/mol. The van der Waals surface area contributed by atoms with Crippen LogP contribution in [0.2, 0.25) is 0 Å². The number of anilines is 4. The highest BCUT2D eigenvalue weighted by molar-refractivity contribution is 5.89. The Morgan fingerprint density at radius 3 is 2.30 bits per heavy atom. The highest BCUT2D eigenvalue weighted by Crippen LogP contribution is 2.55. The molecule has 0 amide bonds. The lowest BCUT2D eigenvalue weighted by Gasteiger charge is -2.44. The number of aryl methyl sites for hydroxylation is 1. The van der Waals surface area contributed by atoms with Crippen molar-refractivity contribution in [2.24, 2.45) is 5.92 Å². The lowest BCUT2D eigenvalue weighted by atomic mass is 9.80. The normalized spacial score (nSPS) is 20.7. The highest BCUT2D eigenvalue weighted by Gasteiger charge is 2.48. The van der Waals surface area contributed by atoms with Gasteiger partial charge in [-0.05, 0) is 48.4 Å². The number of benzene rings is 3. The first kappa shape index (κ1) is 19.8. The highest BCUT2D eigenvalue weighted by atomic mass is 15.5. The maximum atomic E-state index is 5.29. The Kier molecular flexibility index (Phi) is 4.58. The Morgan fingerprint density at radius 2 is 1.52 bits per heavy atom. The van der Waals surface area contributed by atoms with Crippen LogP contribution >= 0.6 is 0 Å². The Hall–Kier alpha value is -3.85. The zero-order valence-corrected chi connectivity index (χ0v) is 19.0. The Bertz CT molecular complexity index is 1340. The number of aromatic nitrogens is 1. The summed E-state index contributed by atoms with van der Waals surface area (Å²) in [4.78, 5) is 10.2. The van der Waals surface area contributed by atoms with Gasteiger partial charge in [0.05, 0.1) is 11.4 Å². The molecule has 162 valence electrons. The molecule has 0 bridgehead atoms. The van der Waals surface area contributed by atoms with Crippen LogP contribution in [0.1, 0.15) is 24.0 Å². The van der Waals surface area contributed by atoms with Crippen LogP contribution in [0.15, 0.2) is 104 Å². The molecule has 0 N–H and O–H groups in total. The standard InChI is InChI=1S/C30H27N3/c1-4-23-21(3)30-32(22-13-6-5-7-14-22)28-19-18-26(24-15-9-8-12-20(24)2)31-29(28)33(30)27-17-11-10-16-25(23)27/h4-19,21,23,30H,1H2,2-3H3. The van der Waals surface area contributed by atoms with E-state index in [2.05, 4.69) is 127 Å². The van der Waals surface area contributed by atoms with E-state index < -0.39 is 0 Å². The van der Waals surface area contributed by atoms with Crippen molar-refractivity contribution in [1.82, 2.24) is 4.98 Å². The maximum Gasteiger partial charge on any atom is 0.159 e. The number of nitrogens with zero attached hydrogens (tertiary/aromatic N) is 3. The van der Waals surface area contributed by atoms with E-state index >= 15 is 0 Å². The van der Waals surface area contributed by atoms with Crippen molar-refractivity contribution in [2.75, 3.05) is 9.80 Å². The molecule has 2 aliphatic heterocycles. The van der Waals surface area contributed by atoms with E-state index in [1.54, 1.807) is 0 Å². The van der Waals surface area contributed by atoms with Gasteiger partial charge < -0.3 is 9.80 Å². The number of allylic oxidation sites excluding steroid dienone is 1. The van der Waals surface area contributed by atoms with E-state index in [0.717, 1.165) is 17.2 Å². The summed E-state index contributed by atoms with van der Waals surface area (Å²) in [5.41, 5.74) is 8.30. The van der Waals surface area contributed by atoms with Gasteiger partial charge in [0.25, 0.3) is 0 Å². The molecule has 0 spiro atoms. The molecule has 3 heterocycles. The minimum Gasteiger partial charge on any atom is -0.317 e. The van der Waals surface area contributed by atoms with E-state index in [0.29, 0.717) is 5.92 Å². The molecule has 33 heavy (non-hydrogen) atoms. The predicted octanol–water partition coefficient (Wildman–Crippen LogP) is 7.59. The Labute approximate surface area is 195 Å². The van der Waals surface area contributed by atoms with Gasteiger partial charge in [0.1, 0.15) is 6.17 Å². The number of hydrogen-bond donors (Lipinski definition) is 0. The van der Waals surface area contributed by atoms with Crippen molar-refractivity contribution >= 4 is 22.9 Å². The number of hydrogen-bond acceptors (Lipinski definition) is 3. The summed E-state index contributed by atoms with van der Waals surface area (Å²) in [7, 11) is 0. The van der Waals surface area contributed by atoms with Crippen LogP contribution in [-0.4, -0.2) is 11.1 Å². The fraction of sp³-hybridized carbons (Fsp3) is 0.167. The van der Waals surface area contributed by atoms with Crippen molar-refractivity contribution in [1.29, 1.82) is 0 Å². The fourth-order valence-electron chi connectivity index (χ4n) is 5.61. The monoisotopic (exact) mass is 429 g/mol. The minimum atomic E-state index is 0.125. The van der Waals surface area contributed by atoms with E-state index in [4.69, 9.17) is 4.98 Å². The van der Waals surface area contributed by atoms with E-state index in [1.807, 2.05) is 0 Å². The largest absolute Gasteiger partial charge is 0.317 e. The van der Waals surface area contributed by atoms with Gasteiger partial charge in [-0.3, -0.25) is 0 Å². The summed E-state index contributed by atoms with van der Waals surface area (Å²) in [5, 5.41) is 0. The van der Waals surface area contributed by atoms with Gasteiger partial charge in [0, 0.05) is 28.8 Å². The first-order valence-electron chi connectivity index (χ1n) is 11.6. The van der Waals surface area contributed by atoms with Crippen molar-refractivity contribution in [2.45, 2.75) is 25.9 Å². The zero-order chi connectivity index (χ0) is 22.5. The Balaban J connectivity index is 1.61. The second-order valence-corrected chi connectivity index (χ2v) is 9.02. The SMILES string of the molecule is C=CC1c2ccccc2N2c3nc(-c4ccccc4C)ccc3N(c3ccccc3)C2C1C. The fourth-order valence-corrected chi connectivity index (χ4v) is 5.61. The smallest absolute Gasteiger partial charge is 0.159 e. The van der Waals surface area contributed by atoms with Crippen LogP contribution in [0, 0.1) is 12.8 Å². The van der Waals surface area contributed by atoms with Crippen molar-refractivity contribution < 1.29 is 0 Å². The zero-order valence-electron chi connectivity index (χ0n) is 19.0. The molecule has 3 nitrogen and oxygen atoms in total. The number of fused-ring (bicyclic) bond motifs is 5. The molecule has 0 fully saturated rings. The van der Waals surface area contributed by atoms with Gasteiger partial charge in [0.15, 0.2) is 5.82 Å². The quantitative estimate of drug-likeness (QED) is 0.313. The van der Waals surface area contributed by atoms with E-state index in [-0.39, 0.29) is 12.1 Å². The molecule has 0 radical (unpaired) electrons.